The smallest absolute Gasteiger partial charge is 0.237 e. The number of carbonyl (C=O) groups is 2. The molecule has 4 aliphatic carbocycles. The van der Waals surface area contributed by atoms with Crippen LogP contribution in [0.4, 0.5) is 0 Å². The number of amides is 2. The molecule has 21 heavy (non-hydrogen) atoms. The molecule has 4 rings (SSSR count). The predicted octanol–water partition coefficient (Wildman–Crippen LogP) is 0.877. The first-order chi connectivity index (χ1) is 9.87. The van der Waals surface area contributed by atoms with Gasteiger partial charge in [0.25, 0.3) is 0 Å². The summed E-state index contributed by atoms with van der Waals surface area (Å²) in [5.41, 5.74) is 5.24. The Bertz CT molecular complexity index is 414. The molecule has 0 saturated heterocycles. The molecule has 4 aliphatic rings. The highest BCUT2D eigenvalue weighted by Gasteiger charge is 2.51. The number of nitrogens with zero attached hydrogens (tertiary/aromatic N) is 1. The minimum Gasteiger partial charge on any atom is -0.369 e. The quantitative estimate of drug-likeness (QED) is 0.790. The van der Waals surface area contributed by atoms with Crippen LogP contribution >= 0.6 is 0 Å². The van der Waals surface area contributed by atoms with Crippen molar-refractivity contribution in [3.63, 3.8) is 0 Å². The standard InChI is InChI=1S/C16H27N3O2/c1-10(19(2)9-14(17)20)15(21)18-16-6-11-3-12(7-16)5-13(4-11)8-16/h10-13H,3-9H2,1-2H3,(H2,17,20)(H,18,21)/t10-,11?,12?,13?,16?/m1/s1. The van der Waals surface area contributed by atoms with E-state index in [1.807, 2.05) is 6.92 Å². The third-order valence-corrected chi connectivity index (χ3v) is 5.87. The van der Waals surface area contributed by atoms with Crippen molar-refractivity contribution in [1.29, 1.82) is 0 Å². The molecule has 0 aromatic rings. The summed E-state index contributed by atoms with van der Waals surface area (Å²) in [4.78, 5) is 25.3. The predicted molar refractivity (Wildman–Crippen MR) is 80.3 cm³/mol. The number of primary amides is 1. The summed E-state index contributed by atoms with van der Waals surface area (Å²) in [5.74, 6) is 2.09. The third kappa shape index (κ3) is 2.93. The molecule has 0 spiro atoms. The van der Waals surface area contributed by atoms with Crippen LogP contribution in [0.1, 0.15) is 45.4 Å². The third-order valence-electron chi connectivity index (χ3n) is 5.87. The van der Waals surface area contributed by atoms with Gasteiger partial charge in [-0.05, 0) is 70.3 Å². The van der Waals surface area contributed by atoms with Crippen LogP contribution in [-0.2, 0) is 9.59 Å². The Kier molecular flexibility index (Phi) is 3.72. The Morgan fingerprint density at radius 3 is 2.10 bits per heavy atom. The van der Waals surface area contributed by atoms with Crippen LogP contribution in [0.15, 0.2) is 0 Å². The monoisotopic (exact) mass is 293 g/mol. The van der Waals surface area contributed by atoms with Crippen molar-refractivity contribution in [3.8, 4) is 0 Å². The van der Waals surface area contributed by atoms with Gasteiger partial charge in [0.2, 0.25) is 11.8 Å². The number of carbonyl (C=O) groups excluding carboxylic acids is 2. The summed E-state index contributed by atoms with van der Waals surface area (Å²) in [5, 5.41) is 3.35. The molecule has 0 aliphatic heterocycles. The molecular weight excluding hydrogens is 266 g/mol. The first-order valence-corrected chi connectivity index (χ1v) is 8.17. The van der Waals surface area contributed by atoms with Gasteiger partial charge in [-0.15, -0.1) is 0 Å². The fourth-order valence-corrected chi connectivity index (χ4v) is 5.21. The fraction of sp³-hybridized carbons (Fsp3) is 0.875. The van der Waals surface area contributed by atoms with Gasteiger partial charge in [0.05, 0.1) is 12.6 Å². The number of nitrogens with two attached hydrogens (primary N) is 1. The summed E-state index contributed by atoms with van der Waals surface area (Å²) in [6.07, 6.45) is 7.55. The van der Waals surface area contributed by atoms with Crippen LogP contribution in [0.3, 0.4) is 0 Å². The second-order valence-electron chi connectivity index (χ2n) is 7.74. The lowest BCUT2D eigenvalue weighted by Crippen LogP contribution is -2.62. The van der Waals surface area contributed by atoms with Crippen LogP contribution in [0, 0.1) is 17.8 Å². The Balaban J connectivity index is 1.63. The Labute approximate surface area is 126 Å². The molecule has 0 aromatic carbocycles. The second kappa shape index (κ2) is 5.27. The SMILES string of the molecule is C[C@H](C(=O)NC12CC3CC(CC(C3)C1)C2)N(C)CC(N)=O. The van der Waals surface area contributed by atoms with E-state index in [0.29, 0.717) is 0 Å². The van der Waals surface area contributed by atoms with Gasteiger partial charge in [-0.3, -0.25) is 14.5 Å². The van der Waals surface area contributed by atoms with Crippen molar-refractivity contribution in [2.75, 3.05) is 13.6 Å². The van der Waals surface area contributed by atoms with E-state index in [1.54, 1.807) is 11.9 Å². The first kappa shape index (κ1) is 14.8. The molecule has 0 aromatic heterocycles. The summed E-state index contributed by atoms with van der Waals surface area (Å²) >= 11 is 0. The van der Waals surface area contributed by atoms with Gasteiger partial charge in [0.1, 0.15) is 0 Å². The highest BCUT2D eigenvalue weighted by Crippen LogP contribution is 2.55. The molecule has 1 atom stereocenters. The topological polar surface area (TPSA) is 75.4 Å². The second-order valence-corrected chi connectivity index (χ2v) is 7.74. The van der Waals surface area contributed by atoms with Crippen molar-refractivity contribution in [2.24, 2.45) is 23.5 Å². The molecular formula is C16H27N3O2. The fourth-order valence-electron chi connectivity index (χ4n) is 5.21. The van der Waals surface area contributed by atoms with E-state index >= 15 is 0 Å². The number of rotatable bonds is 5. The first-order valence-electron chi connectivity index (χ1n) is 8.17. The van der Waals surface area contributed by atoms with Gasteiger partial charge >= 0.3 is 0 Å². The van der Waals surface area contributed by atoms with Crippen LogP contribution in [0.25, 0.3) is 0 Å². The average molecular weight is 293 g/mol. The molecule has 4 bridgehead atoms. The summed E-state index contributed by atoms with van der Waals surface area (Å²) in [6, 6.07) is -0.314. The van der Waals surface area contributed by atoms with Gasteiger partial charge in [0, 0.05) is 5.54 Å². The van der Waals surface area contributed by atoms with E-state index in [9.17, 15) is 9.59 Å². The zero-order chi connectivity index (χ0) is 15.2. The molecule has 0 radical (unpaired) electrons. The van der Waals surface area contributed by atoms with Crippen LogP contribution < -0.4 is 11.1 Å². The molecule has 0 heterocycles. The van der Waals surface area contributed by atoms with Crippen molar-refractivity contribution in [2.45, 2.75) is 57.0 Å². The van der Waals surface area contributed by atoms with E-state index in [2.05, 4.69) is 5.32 Å². The molecule has 118 valence electrons. The van der Waals surface area contributed by atoms with E-state index in [0.717, 1.165) is 37.0 Å². The van der Waals surface area contributed by atoms with E-state index in [4.69, 9.17) is 5.73 Å². The summed E-state index contributed by atoms with van der Waals surface area (Å²) < 4.78 is 0. The minimum atomic E-state index is -0.396. The Morgan fingerprint density at radius 1 is 1.19 bits per heavy atom. The van der Waals surface area contributed by atoms with Crippen LogP contribution in [0.5, 0.6) is 0 Å². The van der Waals surface area contributed by atoms with Crippen LogP contribution in [-0.4, -0.2) is 41.9 Å². The lowest BCUT2D eigenvalue weighted by Gasteiger charge is -2.57. The zero-order valence-electron chi connectivity index (χ0n) is 13.1. The van der Waals surface area contributed by atoms with Gasteiger partial charge in [-0.25, -0.2) is 0 Å². The Hall–Kier alpha value is -1.10. The normalized spacial score (nSPS) is 38.5. The number of hydrogen-bond acceptors (Lipinski definition) is 3. The molecule has 4 saturated carbocycles. The lowest BCUT2D eigenvalue weighted by molar-refractivity contribution is -0.132. The molecule has 5 heteroatoms. The van der Waals surface area contributed by atoms with E-state index < -0.39 is 5.91 Å². The van der Waals surface area contributed by atoms with Crippen LogP contribution in [0.2, 0.25) is 0 Å². The minimum absolute atomic E-state index is 0.0354. The largest absolute Gasteiger partial charge is 0.369 e. The molecule has 5 nitrogen and oxygen atoms in total. The number of hydrogen-bond donors (Lipinski definition) is 2. The maximum absolute atomic E-state index is 12.5. The summed E-state index contributed by atoms with van der Waals surface area (Å²) in [7, 11) is 1.77. The number of likely N-dealkylation sites (N-methyl/N-ethyl adjacent to an activating group) is 1. The molecule has 3 N–H and O–H groups in total. The van der Waals surface area contributed by atoms with Gasteiger partial charge in [-0.2, -0.15) is 0 Å². The van der Waals surface area contributed by atoms with Crippen molar-refractivity contribution < 1.29 is 9.59 Å². The number of nitrogens with one attached hydrogen (secondary N) is 1. The van der Waals surface area contributed by atoms with Gasteiger partial charge < -0.3 is 11.1 Å². The van der Waals surface area contributed by atoms with Crippen molar-refractivity contribution in [1.82, 2.24) is 10.2 Å². The highest BCUT2D eigenvalue weighted by molar-refractivity contribution is 5.83. The molecule has 0 unspecified atom stereocenters. The maximum Gasteiger partial charge on any atom is 0.237 e. The molecule has 4 fully saturated rings. The van der Waals surface area contributed by atoms with Gasteiger partial charge in [0.15, 0.2) is 0 Å². The van der Waals surface area contributed by atoms with Gasteiger partial charge in [-0.1, -0.05) is 0 Å². The average Bonchev–Trinajstić information content (AvgIpc) is 2.34. The molecule has 2 amide bonds. The van der Waals surface area contributed by atoms with E-state index in [1.165, 1.54) is 19.3 Å². The van der Waals surface area contributed by atoms with Crippen molar-refractivity contribution >= 4 is 11.8 Å². The Morgan fingerprint density at radius 2 is 1.67 bits per heavy atom. The zero-order valence-corrected chi connectivity index (χ0v) is 13.1. The van der Waals surface area contributed by atoms with E-state index in [-0.39, 0.29) is 24.0 Å². The van der Waals surface area contributed by atoms with Crippen molar-refractivity contribution in [3.05, 3.63) is 0 Å². The lowest BCUT2D eigenvalue weighted by atomic mass is 9.53. The maximum atomic E-state index is 12.5. The summed E-state index contributed by atoms with van der Waals surface area (Å²) in [6.45, 7) is 1.97. The highest BCUT2D eigenvalue weighted by atomic mass is 16.2.